The highest BCUT2D eigenvalue weighted by Gasteiger charge is 2.14. The monoisotopic (exact) mass is 343 g/mol. The Bertz CT molecular complexity index is 475. The van der Waals surface area contributed by atoms with Crippen molar-refractivity contribution >= 4 is 23.7 Å². The van der Waals surface area contributed by atoms with Crippen LogP contribution in [-0.2, 0) is 4.79 Å². The molecule has 0 spiro atoms. The molecule has 1 amide bonds. The average Bonchev–Trinajstić information content (AvgIpc) is 2.56. The number of benzene rings is 1. The summed E-state index contributed by atoms with van der Waals surface area (Å²) in [6, 6.07) is 3.42. The molecule has 8 heteroatoms. The Labute approximate surface area is 141 Å². The van der Waals surface area contributed by atoms with Crippen molar-refractivity contribution in [3.8, 4) is 17.2 Å². The van der Waals surface area contributed by atoms with Crippen molar-refractivity contribution in [2.75, 3.05) is 33.2 Å². The fraction of sp³-hybridized carbons (Fsp3) is 0.533. The van der Waals surface area contributed by atoms with Crippen molar-refractivity contribution in [2.24, 2.45) is 5.14 Å². The topological polar surface area (TPSA) is 94.8 Å². The molecule has 1 rings (SSSR count). The van der Waals surface area contributed by atoms with Crippen LogP contribution in [0.3, 0.4) is 0 Å². The van der Waals surface area contributed by atoms with Crippen LogP contribution in [0, 0.1) is 0 Å². The summed E-state index contributed by atoms with van der Waals surface area (Å²) >= 11 is 1.11. The minimum atomic E-state index is -0.0413. The number of hydrogen-bond donors (Lipinski definition) is 3. The number of hydrogen-bond acceptors (Lipinski definition) is 7. The van der Waals surface area contributed by atoms with Gasteiger partial charge in [0.25, 0.3) is 0 Å². The number of nitrogens with two attached hydrogens (primary N) is 1. The quantitative estimate of drug-likeness (QED) is 0.419. The maximum Gasteiger partial charge on any atom is 0.224 e. The zero-order valence-corrected chi connectivity index (χ0v) is 14.6. The minimum Gasteiger partial charge on any atom is -0.493 e. The highest BCUT2D eigenvalue weighted by Crippen LogP contribution is 2.39. The fourth-order valence-corrected chi connectivity index (χ4v) is 2.36. The van der Waals surface area contributed by atoms with Crippen LogP contribution in [-0.4, -0.2) is 33.8 Å². The van der Waals surface area contributed by atoms with E-state index in [1.165, 1.54) is 21.3 Å². The van der Waals surface area contributed by atoms with Crippen LogP contribution in [0.25, 0.3) is 0 Å². The lowest BCUT2D eigenvalue weighted by Crippen LogP contribution is -2.12. The van der Waals surface area contributed by atoms with Gasteiger partial charge in [-0.3, -0.25) is 14.7 Å². The van der Waals surface area contributed by atoms with E-state index in [4.69, 9.17) is 19.3 Å². The van der Waals surface area contributed by atoms with Gasteiger partial charge in [-0.05, 0) is 12.8 Å². The lowest BCUT2D eigenvalue weighted by molar-refractivity contribution is -0.116. The van der Waals surface area contributed by atoms with Crippen molar-refractivity contribution in [1.82, 2.24) is 4.72 Å². The third-order valence-electron chi connectivity index (χ3n) is 3.21. The van der Waals surface area contributed by atoms with E-state index >= 15 is 0 Å². The molecule has 0 aliphatic carbocycles. The van der Waals surface area contributed by atoms with Gasteiger partial charge in [-0.15, -0.1) is 0 Å². The SMILES string of the molecule is COc1cc(NC(=O)CCCCCNSN)cc(OC)c1OC. The fourth-order valence-electron chi connectivity index (χ4n) is 2.10. The van der Waals surface area contributed by atoms with Gasteiger partial charge in [0.2, 0.25) is 11.7 Å². The Balaban J connectivity index is 2.54. The first-order valence-corrected chi connectivity index (χ1v) is 8.22. The highest BCUT2D eigenvalue weighted by molar-refractivity contribution is 7.95. The number of rotatable bonds is 11. The van der Waals surface area contributed by atoms with E-state index in [2.05, 4.69) is 10.0 Å². The van der Waals surface area contributed by atoms with Crippen LogP contribution in [0.2, 0.25) is 0 Å². The Kier molecular flexibility index (Phi) is 9.27. The number of unbranched alkanes of at least 4 members (excludes halogenated alkanes) is 2. The first-order chi connectivity index (χ1) is 11.2. The van der Waals surface area contributed by atoms with Gasteiger partial charge in [0.1, 0.15) is 0 Å². The maximum absolute atomic E-state index is 12.0. The Morgan fingerprint density at radius 2 is 1.74 bits per heavy atom. The Morgan fingerprint density at radius 1 is 1.09 bits per heavy atom. The van der Waals surface area contributed by atoms with Crippen LogP contribution in [0.15, 0.2) is 12.1 Å². The van der Waals surface area contributed by atoms with Gasteiger partial charge < -0.3 is 19.5 Å². The van der Waals surface area contributed by atoms with E-state index in [9.17, 15) is 4.79 Å². The summed E-state index contributed by atoms with van der Waals surface area (Å²) in [7, 11) is 4.61. The van der Waals surface area contributed by atoms with E-state index in [-0.39, 0.29) is 5.91 Å². The van der Waals surface area contributed by atoms with E-state index in [0.29, 0.717) is 29.4 Å². The number of carbonyl (C=O) groups excluding carboxylic acids is 1. The molecule has 0 radical (unpaired) electrons. The zero-order valence-electron chi connectivity index (χ0n) is 13.8. The molecule has 0 saturated heterocycles. The highest BCUT2D eigenvalue weighted by atomic mass is 32.2. The lowest BCUT2D eigenvalue weighted by Gasteiger charge is -2.14. The predicted octanol–water partition coefficient (Wildman–Crippen LogP) is 2.32. The van der Waals surface area contributed by atoms with Gasteiger partial charge in [0.15, 0.2) is 11.5 Å². The summed E-state index contributed by atoms with van der Waals surface area (Å²) in [5, 5.41) is 8.11. The lowest BCUT2D eigenvalue weighted by atomic mass is 10.2. The molecule has 0 heterocycles. The molecular weight excluding hydrogens is 318 g/mol. The van der Waals surface area contributed by atoms with Crippen LogP contribution in [0.5, 0.6) is 17.2 Å². The molecule has 0 fully saturated rings. The summed E-state index contributed by atoms with van der Waals surface area (Å²) in [5.74, 6) is 1.47. The molecule has 23 heavy (non-hydrogen) atoms. The van der Waals surface area contributed by atoms with Crippen molar-refractivity contribution in [2.45, 2.75) is 25.7 Å². The molecule has 4 N–H and O–H groups in total. The number of carbonyl (C=O) groups is 1. The number of methoxy groups -OCH3 is 3. The predicted molar refractivity (Wildman–Crippen MR) is 93.0 cm³/mol. The van der Waals surface area contributed by atoms with Crippen LogP contribution in [0.4, 0.5) is 5.69 Å². The van der Waals surface area contributed by atoms with Gasteiger partial charge >= 0.3 is 0 Å². The first kappa shape index (κ1) is 19.4. The van der Waals surface area contributed by atoms with Crippen LogP contribution >= 0.6 is 12.1 Å². The summed E-state index contributed by atoms with van der Waals surface area (Å²) in [6.07, 6.45) is 3.25. The number of amides is 1. The average molecular weight is 343 g/mol. The smallest absolute Gasteiger partial charge is 0.224 e. The third-order valence-corrected chi connectivity index (χ3v) is 3.59. The number of ether oxygens (including phenoxy) is 3. The molecular formula is C15H25N3O4S. The molecule has 130 valence electrons. The molecule has 0 saturated carbocycles. The van der Waals surface area contributed by atoms with Crippen molar-refractivity contribution < 1.29 is 19.0 Å². The standard InChI is InChI=1S/C15H25N3O4S/c1-20-12-9-11(10-13(21-2)15(12)22-3)18-14(19)7-5-4-6-8-17-23-16/h9-10,17H,4-8,16H2,1-3H3,(H,18,19). The Morgan fingerprint density at radius 3 is 2.26 bits per heavy atom. The van der Waals surface area contributed by atoms with Gasteiger partial charge in [0, 0.05) is 42.9 Å². The zero-order chi connectivity index (χ0) is 17.1. The second-order valence-corrected chi connectivity index (χ2v) is 5.31. The summed E-state index contributed by atoms with van der Waals surface area (Å²) in [5.41, 5.74) is 0.616. The molecule has 0 bridgehead atoms. The summed E-state index contributed by atoms with van der Waals surface area (Å²) in [4.78, 5) is 12.0. The van der Waals surface area contributed by atoms with Gasteiger partial charge in [-0.1, -0.05) is 6.42 Å². The molecule has 0 aliphatic heterocycles. The van der Waals surface area contributed by atoms with Crippen molar-refractivity contribution in [3.05, 3.63) is 12.1 Å². The van der Waals surface area contributed by atoms with Gasteiger partial charge in [0.05, 0.1) is 21.3 Å². The molecule has 7 nitrogen and oxygen atoms in total. The van der Waals surface area contributed by atoms with E-state index in [0.717, 1.165) is 37.9 Å². The maximum atomic E-state index is 12.0. The molecule has 1 aromatic carbocycles. The minimum absolute atomic E-state index is 0.0413. The first-order valence-electron chi connectivity index (χ1n) is 7.34. The van der Waals surface area contributed by atoms with Gasteiger partial charge in [-0.2, -0.15) is 0 Å². The summed E-state index contributed by atoms with van der Waals surface area (Å²) in [6.45, 7) is 0.843. The molecule has 0 aliphatic rings. The number of nitrogens with one attached hydrogen (secondary N) is 2. The largest absolute Gasteiger partial charge is 0.493 e. The number of anilines is 1. The second-order valence-electron chi connectivity index (χ2n) is 4.79. The molecule has 1 aromatic rings. The van der Waals surface area contributed by atoms with Crippen molar-refractivity contribution in [3.63, 3.8) is 0 Å². The van der Waals surface area contributed by atoms with Crippen molar-refractivity contribution in [1.29, 1.82) is 0 Å². The summed E-state index contributed by atoms with van der Waals surface area (Å²) < 4.78 is 18.7. The third kappa shape index (κ3) is 6.55. The van der Waals surface area contributed by atoms with E-state index in [1.54, 1.807) is 12.1 Å². The second kappa shape index (κ2) is 11.0. The van der Waals surface area contributed by atoms with Crippen LogP contribution < -0.4 is 29.4 Å². The van der Waals surface area contributed by atoms with Crippen LogP contribution in [0.1, 0.15) is 25.7 Å². The van der Waals surface area contributed by atoms with E-state index < -0.39 is 0 Å². The van der Waals surface area contributed by atoms with Gasteiger partial charge in [-0.25, -0.2) is 0 Å². The molecule has 0 atom stereocenters. The Hall–Kier alpha value is -1.64. The molecule has 0 unspecified atom stereocenters. The van der Waals surface area contributed by atoms with E-state index in [1.807, 2.05) is 0 Å². The normalized spacial score (nSPS) is 10.3. The molecule has 0 aromatic heterocycles.